The van der Waals surface area contributed by atoms with E-state index >= 15 is 0 Å². The van der Waals surface area contributed by atoms with Crippen LogP contribution in [0, 0.1) is 0 Å². The molecule has 14 nitrogen and oxygen atoms in total. The molecule has 9 N–H and O–H groups in total. The molecule has 0 fully saturated rings. The molecule has 296 valence electrons. The lowest BCUT2D eigenvalue weighted by Gasteiger charge is -2.26. The van der Waals surface area contributed by atoms with Gasteiger partial charge in [0.15, 0.2) is 0 Å². The Labute approximate surface area is 327 Å². The van der Waals surface area contributed by atoms with E-state index in [9.17, 15) is 28.8 Å². The Balaban J connectivity index is 1.50. The first-order valence-corrected chi connectivity index (χ1v) is 18.9. The van der Waals surface area contributed by atoms with Crippen LogP contribution in [-0.2, 0) is 36.8 Å². The van der Waals surface area contributed by atoms with Gasteiger partial charge in [-0.25, -0.2) is 0 Å². The molecular weight excluding hydrogens is 713 g/mol. The number of benzene rings is 3. The number of primary amides is 1. The fraction of sp³-hybridized carbons (Fsp3) is 0.357. The summed E-state index contributed by atoms with van der Waals surface area (Å²) in [5.41, 5.74) is 13.3. The van der Waals surface area contributed by atoms with Crippen LogP contribution in [0.1, 0.15) is 67.1 Å². The standard InChI is InChI=1S/C42H52N8O6/c1-28(51)47-37(27-30-20-21-31-15-5-6-16-32(31)25-30)42(56)49-35(19-9-12-24-46-39(53)33-17-8-11-23-45-33)40(54)48-34(18-7-10-22-43)41(55)50-36(38(44)52)26-29-13-3-2-4-14-29/h2-6,8,11,13-17,20-21,23,25,34-37H,7,9-10,12,18-19,22,24,26-27,43H2,1H3,(H2,44,52)(H,46,53)(H,47,51)(H,48,54)(H,49,56)(H,50,55)/t34-,35-,36+,37+/m0/s1. The van der Waals surface area contributed by atoms with E-state index in [1.807, 2.05) is 72.8 Å². The SMILES string of the molecule is CC(=O)N[C@H](Cc1ccc2ccccc2c1)C(=O)N[C@@H](CCCCNC(=O)c1ccccn1)C(=O)N[C@@H](CCCCN)C(=O)N[C@H](Cc1ccccc1)C(N)=O. The lowest BCUT2D eigenvalue weighted by atomic mass is 10.00. The van der Waals surface area contributed by atoms with Gasteiger partial charge in [0.05, 0.1) is 0 Å². The molecule has 14 heteroatoms. The predicted octanol–water partition coefficient (Wildman–Crippen LogP) is 2.19. The largest absolute Gasteiger partial charge is 0.368 e. The first kappa shape index (κ1) is 42.6. The zero-order valence-electron chi connectivity index (χ0n) is 31.7. The van der Waals surface area contributed by atoms with Crippen LogP contribution in [0.3, 0.4) is 0 Å². The average molecular weight is 765 g/mol. The molecule has 0 saturated carbocycles. The highest BCUT2D eigenvalue weighted by molar-refractivity contribution is 5.95. The first-order chi connectivity index (χ1) is 27.0. The number of nitrogens with two attached hydrogens (primary N) is 2. The molecule has 4 atom stereocenters. The quantitative estimate of drug-likeness (QED) is 0.0586. The third-order valence-electron chi connectivity index (χ3n) is 9.21. The van der Waals surface area contributed by atoms with Crippen LogP contribution in [-0.4, -0.2) is 77.7 Å². The minimum absolute atomic E-state index is 0.148. The molecule has 0 aliphatic carbocycles. The van der Waals surface area contributed by atoms with Crippen LogP contribution in [0.15, 0.2) is 97.2 Å². The van der Waals surface area contributed by atoms with Gasteiger partial charge in [-0.1, -0.05) is 78.9 Å². The molecule has 0 bridgehead atoms. The Morgan fingerprint density at radius 2 is 1.20 bits per heavy atom. The second-order valence-corrected chi connectivity index (χ2v) is 13.7. The van der Waals surface area contributed by atoms with Gasteiger partial charge in [-0.2, -0.15) is 0 Å². The summed E-state index contributed by atoms with van der Waals surface area (Å²) < 4.78 is 0. The summed E-state index contributed by atoms with van der Waals surface area (Å²) in [6, 6.07) is 23.4. The highest BCUT2D eigenvalue weighted by Crippen LogP contribution is 2.17. The molecule has 0 aliphatic rings. The highest BCUT2D eigenvalue weighted by atomic mass is 16.2. The number of amides is 6. The molecule has 4 rings (SSSR count). The number of pyridine rings is 1. The maximum Gasteiger partial charge on any atom is 0.269 e. The number of hydrogen-bond acceptors (Lipinski definition) is 8. The van der Waals surface area contributed by atoms with Crippen LogP contribution in [0.25, 0.3) is 10.8 Å². The van der Waals surface area contributed by atoms with Gasteiger partial charge in [-0.3, -0.25) is 33.8 Å². The third kappa shape index (κ3) is 13.9. The Morgan fingerprint density at radius 1 is 0.607 bits per heavy atom. The number of carbonyl (C=O) groups excluding carboxylic acids is 6. The second-order valence-electron chi connectivity index (χ2n) is 13.7. The smallest absolute Gasteiger partial charge is 0.269 e. The van der Waals surface area contributed by atoms with E-state index in [1.165, 1.54) is 13.1 Å². The lowest BCUT2D eigenvalue weighted by Crippen LogP contribution is -2.58. The van der Waals surface area contributed by atoms with Crippen molar-refractivity contribution in [1.29, 1.82) is 0 Å². The molecule has 0 radical (unpaired) electrons. The maximum absolute atomic E-state index is 14.1. The maximum atomic E-state index is 14.1. The van der Waals surface area contributed by atoms with E-state index in [0.29, 0.717) is 32.2 Å². The van der Waals surface area contributed by atoms with E-state index in [4.69, 9.17) is 11.5 Å². The van der Waals surface area contributed by atoms with Gasteiger partial charge >= 0.3 is 0 Å². The van der Waals surface area contributed by atoms with Crippen LogP contribution < -0.4 is 38.1 Å². The molecule has 3 aromatic carbocycles. The number of hydrogen-bond donors (Lipinski definition) is 7. The predicted molar refractivity (Wildman–Crippen MR) is 214 cm³/mol. The van der Waals surface area contributed by atoms with Gasteiger partial charge in [0.25, 0.3) is 5.91 Å². The Morgan fingerprint density at radius 3 is 1.82 bits per heavy atom. The number of nitrogens with one attached hydrogen (secondary N) is 5. The fourth-order valence-electron chi connectivity index (χ4n) is 6.24. The molecule has 0 unspecified atom stereocenters. The number of unbranched alkanes of at least 4 members (excludes halogenated alkanes) is 2. The summed E-state index contributed by atoms with van der Waals surface area (Å²) in [4.78, 5) is 82.9. The van der Waals surface area contributed by atoms with Crippen molar-refractivity contribution in [3.05, 3.63) is 114 Å². The van der Waals surface area contributed by atoms with Gasteiger partial charge in [-0.15, -0.1) is 0 Å². The van der Waals surface area contributed by atoms with E-state index in [2.05, 4.69) is 31.6 Å². The van der Waals surface area contributed by atoms with E-state index in [-0.39, 0.29) is 43.8 Å². The second kappa shape index (κ2) is 22.3. The average Bonchev–Trinajstić information content (AvgIpc) is 3.19. The molecule has 4 aromatic rings. The van der Waals surface area contributed by atoms with E-state index < -0.39 is 53.7 Å². The minimum Gasteiger partial charge on any atom is -0.368 e. The third-order valence-corrected chi connectivity index (χ3v) is 9.21. The fourth-order valence-corrected chi connectivity index (χ4v) is 6.24. The Kier molecular flexibility index (Phi) is 16.9. The van der Waals surface area contributed by atoms with Gasteiger partial charge < -0.3 is 38.1 Å². The van der Waals surface area contributed by atoms with E-state index in [0.717, 1.165) is 21.9 Å². The van der Waals surface area contributed by atoms with Crippen molar-refractivity contribution in [2.45, 2.75) is 82.5 Å². The summed E-state index contributed by atoms with van der Waals surface area (Å²) in [5, 5.41) is 15.8. The van der Waals surface area contributed by atoms with Crippen molar-refractivity contribution in [2.75, 3.05) is 13.1 Å². The molecule has 1 aromatic heterocycles. The van der Waals surface area contributed by atoms with Crippen LogP contribution >= 0.6 is 0 Å². The minimum atomic E-state index is -1.12. The Bertz CT molecular complexity index is 1930. The van der Waals surface area contributed by atoms with Gasteiger partial charge in [0, 0.05) is 32.5 Å². The first-order valence-electron chi connectivity index (χ1n) is 18.9. The van der Waals surface area contributed by atoms with Gasteiger partial charge in [-0.05, 0) is 79.1 Å². The topological polar surface area (TPSA) is 228 Å². The van der Waals surface area contributed by atoms with Crippen LogP contribution in [0.4, 0.5) is 0 Å². The van der Waals surface area contributed by atoms with Crippen LogP contribution in [0.5, 0.6) is 0 Å². The number of carbonyl (C=O) groups is 6. The zero-order chi connectivity index (χ0) is 40.3. The van der Waals surface area contributed by atoms with Crippen molar-refractivity contribution in [1.82, 2.24) is 31.6 Å². The summed E-state index contributed by atoms with van der Waals surface area (Å²) in [6.07, 6.45) is 4.14. The lowest BCUT2D eigenvalue weighted by molar-refractivity contribution is -0.134. The van der Waals surface area contributed by atoms with Crippen molar-refractivity contribution < 1.29 is 28.8 Å². The molecular formula is C42H52N8O6. The molecule has 0 saturated heterocycles. The van der Waals surface area contributed by atoms with Crippen molar-refractivity contribution in [2.24, 2.45) is 11.5 Å². The summed E-state index contributed by atoms with van der Waals surface area (Å²) in [6.45, 7) is 1.97. The molecule has 6 amide bonds. The monoisotopic (exact) mass is 764 g/mol. The van der Waals surface area contributed by atoms with Crippen molar-refractivity contribution in [3.63, 3.8) is 0 Å². The normalized spacial score (nSPS) is 13.0. The summed E-state index contributed by atoms with van der Waals surface area (Å²) in [7, 11) is 0. The van der Waals surface area contributed by atoms with Gasteiger partial charge in [0.1, 0.15) is 29.9 Å². The number of fused-ring (bicyclic) bond motifs is 1. The summed E-state index contributed by atoms with van der Waals surface area (Å²) >= 11 is 0. The number of rotatable bonds is 22. The Hall–Kier alpha value is -6.15. The molecule has 56 heavy (non-hydrogen) atoms. The summed E-state index contributed by atoms with van der Waals surface area (Å²) in [5.74, 6) is -3.32. The van der Waals surface area contributed by atoms with Gasteiger partial charge in [0.2, 0.25) is 29.5 Å². The molecule has 0 aliphatic heterocycles. The number of aromatic nitrogens is 1. The van der Waals surface area contributed by atoms with E-state index in [1.54, 1.807) is 18.2 Å². The highest BCUT2D eigenvalue weighted by Gasteiger charge is 2.31. The van der Waals surface area contributed by atoms with Crippen LogP contribution in [0.2, 0.25) is 0 Å². The molecule has 1 heterocycles. The zero-order valence-corrected chi connectivity index (χ0v) is 31.7. The molecule has 0 spiro atoms. The van der Waals surface area contributed by atoms with Crippen molar-refractivity contribution >= 4 is 46.2 Å². The van der Waals surface area contributed by atoms with Crippen molar-refractivity contribution in [3.8, 4) is 0 Å². The number of nitrogens with zero attached hydrogens (tertiary/aromatic N) is 1.